The molecule has 1 unspecified atom stereocenters. The van der Waals surface area contributed by atoms with E-state index in [0.717, 1.165) is 12.8 Å². The molecule has 1 saturated carbocycles. The van der Waals surface area contributed by atoms with Crippen LogP contribution in [0.4, 0.5) is 5.69 Å². The van der Waals surface area contributed by atoms with Crippen molar-refractivity contribution >= 4 is 24.0 Å². The van der Waals surface area contributed by atoms with E-state index in [4.69, 9.17) is 5.73 Å². The first-order valence-corrected chi connectivity index (χ1v) is 7.11. The Morgan fingerprint density at radius 2 is 2.18 bits per heavy atom. The van der Waals surface area contributed by atoms with Crippen LogP contribution in [0.5, 0.6) is 0 Å². The summed E-state index contributed by atoms with van der Waals surface area (Å²) in [5.41, 5.74) is 6.51. The van der Waals surface area contributed by atoms with Crippen LogP contribution in [-0.4, -0.2) is 33.2 Å². The summed E-state index contributed by atoms with van der Waals surface area (Å²) >= 11 is 0. The molecular formula is C13H22ClN5O3. The molecular weight excluding hydrogens is 310 g/mol. The Hall–Kier alpha value is -1.67. The second-order valence-corrected chi connectivity index (χ2v) is 5.50. The van der Waals surface area contributed by atoms with Crippen LogP contribution < -0.4 is 11.1 Å². The smallest absolute Gasteiger partial charge is 0.312 e. The molecule has 0 aliphatic heterocycles. The lowest BCUT2D eigenvalue weighted by Crippen LogP contribution is -2.42. The highest BCUT2D eigenvalue weighted by Gasteiger charge is 2.31. The van der Waals surface area contributed by atoms with Gasteiger partial charge in [0, 0.05) is 19.0 Å². The lowest BCUT2D eigenvalue weighted by atomic mass is 10.2. The van der Waals surface area contributed by atoms with Crippen molar-refractivity contribution in [1.29, 1.82) is 0 Å². The van der Waals surface area contributed by atoms with Crippen molar-refractivity contribution in [2.24, 2.45) is 11.7 Å². The number of hydrogen-bond acceptors (Lipinski definition) is 5. The monoisotopic (exact) mass is 331 g/mol. The molecule has 2 rings (SSSR count). The molecule has 9 heteroatoms. The Kier molecular flexibility index (Phi) is 6.31. The van der Waals surface area contributed by atoms with E-state index < -0.39 is 4.92 Å². The van der Waals surface area contributed by atoms with E-state index in [1.807, 2.05) is 0 Å². The van der Waals surface area contributed by atoms with Crippen molar-refractivity contribution in [2.75, 3.05) is 6.54 Å². The van der Waals surface area contributed by atoms with E-state index in [1.165, 1.54) is 4.68 Å². The molecule has 0 aromatic carbocycles. The number of amides is 1. The van der Waals surface area contributed by atoms with E-state index in [0.29, 0.717) is 30.4 Å². The largest absolute Gasteiger partial charge is 0.352 e. The average molecular weight is 332 g/mol. The van der Waals surface area contributed by atoms with Gasteiger partial charge < -0.3 is 11.1 Å². The predicted molar refractivity (Wildman–Crippen MR) is 83.9 cm³/mol. The molecule has 8 nitrogen and oxygen atoms in total. The summed E-state index contributed by atoms with van der Waals surface area (Å²) in [6.07, 6.45) is 2.47. The fourth-order valence-corrected chi connectivity index (χ4v) is 2.52. The molecule has 1 amide bonds. The Balaban J connectivity index is 0.00000242. The van der Waals surface area contributed by atoms with Gasteiger partial charge in [-0.05, 0) is 32.6 Å². The molecule has 22 heavy (non-hydrogen) atoms. The molecule has 0 bridgehead atoms. The number of nitrogens with zero attached hydrogens (tertiary/aromatic N) is 3. The number of nitro groups is 1. The molecule has 0 saturated heterocycles. The second kappa shape index (κ2) is 7.55. The molecule has 1 atom stereocenters. The number of rotatable bonds is 7. The summed E-state index contributed by atoms with van der Waals surface area (Å²) in [6.45, 7) is 4.01. The standard InChI is InChI=1S/C13H21N5O3.ClH/c1-8-13(18(20)21)9(2)17(16-8)6-5-12(19)15-11(7-14)10-3-4-10;/h10-11H,3-7,14H2,1-2H3,(H,15,19);1H. The van der Waals surface area contributed by atoms with E-state index in [1.54, 1.807) is 13.8 Å². The minimum atomic E-state index is -0.439. The van der Waals surface area contributed by atoms with Crippen LogP contribution in [0, 0.1) is 29.9 Å². The fraction of sp³-hybridized carbons (Fsp3) is 0.692. The Bertz CT molecular complexity index is 556. The first-order chi connectivity index (χ1) is 9.93. The van der Waals surface area contributed by atoms with Crippen LogP contribution >= 0.6 is 12.4 Å². The lowest BCUT2D eigenvalue weighted by Gasteiger charge is -2.16. The maximum Gasteiger partial charge on any atom is 0.312 e. The van der Waals surface area contributed by atoms with Crippen LogP contribution in [0.3, 0.4) is 0 Å². The van der Waals surface area contributed by atoms with Gasteiger partial charge in [0.1, 0.15) is 11.4 Å². The van der Waals surface area contributed by atoms with Crippen LogP contribution in [-0.2, 0) is 11.3 Å². The summed E-state index contributed by atoms with van der Waals surface area (Å²) in [6, 6.07) is 0.0484. The third-order valence-corrected chi connectivity index (χ3v) is 3.87. The van der Waals surface area contributed by atoms with Crippen LogP contribution in [0.15, 0.2) is 0 Å². The summed E-state index contributed by atoms with van der Waals surface area (Å²) in [5.74, 6) is 0.418. The zero-order valence-corrected chi connectivity index (χ0v) is 13.6. The zero-order chi connectivity index (χ0) is 15.6. The van der Waals surface area contributed by atoms with E-state index in [9.17, 15) is 14.9 Å². The molecule has 1 aliphatic rings. The number of carbonyl (C=O) groups is 1. The van der Waals surface area contributed by atoms with E-state index in [-0.39, 0.29) is 36.5 Å². The Morgan fingerprint density at radius 3 is 2.64 bits per heavy atom. The van der Waals surface area contributed by atoms with Gasteiger partial charge in [-0.3, -0.25) is 19.6 Å². The van der Waals surface area contributed by atoms with Gasteiger partial charge >= 0.3 is 5.69 Å². The number of nitrogens with two attached hydrogens (primary N) is 1. The highest BCUT2D eigenvalue weighted by Crippen LogP contribution is 2.32. The van der Waals surface area contributed by atoms with Crippen LogP contribution in [0.1, 0.15) is 30.7 Å². The number of hydrogen-bond donors (Lipinski definition) is 2. The van der Waals surface area contributed by atoms with Crippen molar-refractivity contribution in [3.63, 3.8) is 0 Å². The minimum absolute atomic E-state index is 0. The SMILES string of the molecule is Cc1nn(CCC(=O)NC(CN)C2CC2)c(C)c1[N+](=O)[O-].Cl. The van der Waals surface area contributed by atoms with E-state index >= 15 is 0 Å². The van der Waals surface area contributed by atoms with Gasteiger partial charge in [-0.15, -0.1) is 12.4 Å². The molecule has 124 valence electrons. The first-order valence-electron chi connectivity index (χ1n) is 7.11. The topological polar surface area (TPSA) is 116 Å². The fourth-order valence-electron chi connectivity index (χ4n) is 2.52. The number of carbonyl (C=O) groups excluding carboxylic acids is 1. The van der Waals surface area contributed by atoms with Crippen molar-refractivity contribution in [3.05, 3.63) is 21.5 Å². The Morgan fingerprint density at radius 1 is 1.55 bits per heavy atom. The van der Waals surface area contributed by atoms with Crippen molar-refractivity contribution in [1.82, 2.24) is 15.1 Å². The van der Waals surface area contributed by atoms with Gasteiger partial charge in [0.25, 0.3) is 0 Å². The third kappa shape index (κ3) is 4.17. The number of halogens is 1. The average Bonchev–Trinajstić information content (AvgIpc) is 3.20. The summed E-state index contributed by atoms with van der Waals surface area (Å²) in [4.78, 5) is 22.4. The lowest BCUT2D eigenvalue weighted by molar-refractivity contribution is -0.386. The Labute approximate surface area is 135 Å². The number of aromatic nitrogens is 2. The first kappa shape index (κ1) is 18.4. The van der Waals surface area contributed by atoms with Crippen molar-refractivity contribution < 1.29 is 9.72 Å². The minimum Gasteiger partial charge on any atom is -0.352 e. The molecule has 1 fully saturated rings. The molecule has 1 heterocycles. The molecule has 0 radical (unpaired) electrons. The van der Waals surface area contributed by atoms with Crippen molar-refractivity contribution in [3.8, 4) is 0 Å². The summed E-state index contributed by atoms with van der Waals surface area (Å²) in [7, 11) is 0. The summed E-state index contributed by atoms with van der Waals surface area (Å²) < 4.78 is 1.52. The normalized spacial score (nSPS) is 15.0. The quantitative estimate of drug-likeness (QED) is 0.572. The maximum absolute atomic E-state index is 11.9. The predicted octanol–water partition coefficient (Wildman–Crippen LogP) is 1.07. The molecule has 1 aromatic rings. The van der Waals surface area contributed by atoms with E-state index in [2.05, 4.69) is 10.4 Å². The highest BCUT2D eigenvalue weighted by molar-refractivity contribution is 5.85. The van der Waals surface area contributed by atoms with Crippen molar-refractivity contribution in [2.45, 2.75) is 45.7 Å². The van der Waals surface area contributed by atoms with Gasteiger partial charge in [-0.25, -0.2) is 0 Å². The second-order valence-electron chi connectivity index (χ2n) is 5.50. The van der Waals surface area contributed by atoms with Crippen LogP contribution in [0.25, 0.3) is 0 Å². The van der Waals surface area contributed by atoms with Gasteiger partial charge in [-0.2, -0.15) is 5.10 Å². The molecule has 1 aromatic heterocycles. The number of aryl methyl sites for hydroxylation is 2. The van der Waals surface area contributed by atoms with Crippen LogP contribution in [0.2, 0.25) is 0 Å². The molecule has 0 spiro atoms. The molecule has 3 N–H and O–H groups in total. The molecule has 1 aliphatic carbocycles. The third-order valence-electron chi connectivity index (χ3n) is 3.87. The highest BCUT2D eigenvalue weighted by atomic mass is 35.5. The number of nitrogens with one attached hydrogen (secondary N) is 1. The van der Waals surface area contributed by atoms with Gasteiger partial charge in [0.05, 0.1) is 11.5 Å². The summed E-state index contributed by atoms with van der Waals surface area (Å²) in [5, 5.41) is 18.0. The van der Waals surface area contributed by atoms with Gasteiger partial charge in [0.2, 0.25) is 5.91 Å². The van der Waals surface area contributed by atoms with Gasteiger partial charge in [0.15, 0.2) is 0 Å². The zero-order valence-electron chi connectivity index (χ0n) is 12.7. The maximum atomic E-state index is 11.9. The van der Waals surface area contributed by atoms with Gasteiger partial charge in [-0.1, -0.05) is 0 Å².